The predicted molar refractivity (Wildman–Crippen MR) is 69.4 cm³/mol. The zero-order valence-corrected chi connectivity index (χ0v) is 10.9. The summed E-state index contributed by atoms with van der Waals surface area (Å²) in [4.78, 5) is 24.4. The minimum atomic E-state index is -0.219. The summed E-state index contributed by atoms with van der Waals surface area (Å²) in [6, 6.07) is 5.54. The van der Waals surface area contributed by atoms with Crippen LogP contribution in [0, 0.1) is 0 Å². The molecular formula is C12H11BrN2O2. The van der Waals surface area contributed by atoms with Gasteiger partial charge in [0.25, 0.3) is 5.56 Å². The molecule has 1 aromatic heterocycles. The number of fused-ring (bicyclic) bond motifs is 1. The summed E-state index contributed by atoms with van der Waals surface area (Å²) in [5.74, 6) is 0. The van der Waals surface area contributed by atoms with E-state index in [0.29, 0.717) is 10.9 Å². The summed E-state index contributed by atoms with van der Waals surface area (Å²) < 4.78 is 3.66. The molecule has 1 saturated carbocycles. The first-order valence-corrected chi connectivity index (χ1v) is 6.30. The van der Waals surface area contributed by atoms with Gasteiger partial charge in [-0.15, -0.1) is 0 Å². The van der Waals surface area contributed by atoms with Crippen LogP contribution < -0.4 is 11.2 Å². The van der Waals surface area contributed by atoms with Crippen LogP contribution in [0.5, 0.6) is 0 Å². The maximum Gasteiger partial charge on any atom is 0.331 e. The van der Waals surface area contributed by atoms with Crippen molar-refractivity contribution in [3.05, 3.63) is 43.5 Å². The highest BCUT2D eigenvalue weighted by molar-refractivity contribution is 9.10. The van der Waals surface area contributed by atoms with Crippen molar-refractivity contribution in [2.45, 2.75) is 18.9 Å². The lowest BCUT2D eigenvalue weighted by atomic mass is 10.2. The summed E-state index contributed by atoms with van der Waals surface area (Å²) in [5, 5.41) is 0.585. The molecule has 1 aliphatic rings. The topological polar surface area (TPSA) is 44.0 Å². The highest BCUT2D eigenvalue weighted by atomic mass is 79.9. The van der Waals surface area contributed by atoms with Crippen LogP contribution in [0.4, 0.5) is 0 Å². The molecule has 17 heavy (non-hydrogen) atoms. The highest BCUT2D eigenvalue weighted by Crippen LogP contribution is 2.32. The molecule has 0 spiro atoms. The van der Waals surface area contributed by atoms with Gasteiger partial charge >= 0.3 is 5.69 Å². The third kappa shape index (κ3) is 1.49. The molecule has 1 heterocycles. The van der Waals surface area contributed by atoms with Gasteiger partial charge in [0.05, 0.1) is 10.9 Å². The number of nitrogens with zero attached hydrogens (tertiary/aromatic N) is 2. The van der Waals surface area contributed by atoms with Gasteiger partial charge in [-0.2, -0.15) is 0 Å². The van der Waals surface area contributed by atoms with Gasteiger partial charge in [0.1, 0.15) is 0 Å². The van der Waals surface area contributed by atoms with Crippen molar-refractivity contribution < 1.29 is 0 Å². The molecule has 0 radical (unpaired) electrons. The van der Waals surface area contributed by atoms with E-state index >= 15 is 0 Å². The van der Waals surface area contributed by atoms with Crippen LogP contribution in [-0.2, 0) is 7.05 Å². The normalized spacial score (nSPS) is 15.4. The molecule has 0 saturated heterocycles. The van der Waals surface area contributed by atoms with Gasteiger partial charge in [0, 0.05) is 17.6 Å². The van der Waals surface area contributed by atoms with Crippen LogP contribution in [0.3, 0.4) is 0 Å². The fourth-order valence-electron chi connectivity index (χ4n) is 2.13. The van der Waals surface area contributed by atoms with Crippen LogP contribution >= 0.6 is 15.9 Å². The third-order valence-electron chi connectivity index (χ3n) is 3.19. The standard InChI is InChI=1S/C12H11BrN2O2/c1-14-9-4-2-3-8(13)10(9)11(16)15(12(14)17)7-5-6-7/h2-4,7H,5-6H2,1H3. The summed E-state index contributed by atoms with van der Waals surface area (Å²) >= 11 is 3.38. The van der Waals surface area contributed by atoms with Crippen molar-refractivity contribution in [1.82, 2.24) is 9.13 Å². The minimum absolute atomic E-state index is 0.0951. The SMILES string of the molecule is Cn1c(=O)n(C2CC2)c(=O)c2c(Br)cccc21. The average Bonchev–Trinajstić information content (AvgIpc) is 3.10. The number of aryl methyl sites for hydroxylation is 1. The Bertz CT molecular complexity index is 726. The van der Waals surface area contributed by atoms with Crippen LogP contribution in [0.1, 0.15) is 18.9 Å². The molecule has 3 rings (SSSR count). The fourth-order valence-corrected chi connectivity index (χ4v) is 2.66. The third-order valence-corrected chi connectivity index (χ3v) is 3.85. The first kappa shape index (κ1) is 10.8. The highest BCUT2D eigenvalue weighted by Gasteiger charge is 2.28. The molecule has 5 heteroatoms. The lowest BCUT2D eigenvalue weighted by Crippen LogP contribution is -2.38. The Labute approximate surface area is 106 Å². The van der Waals surface area contributed by atoms with E-state index in [1.807, 2.05) is 12.1 Å². The fraction of sp³-hybridized carbons (Fsp3) is 0.333. The largest absolute Gasteiger partial charge is 0.331 e. The monoisotopic (exact) mass is 294 g/mol. The smallest absolute Gasteiger partial charge is 0.296 e. The summed E-state index contributed by atoms with van der Waals surface area (Å²) in [5.41, 5.74) is 0.271. The van der Waals surface area contributed by atoms with E-state index in [9.17, 15) is 9.59 Å². The zero-order valence-electron chi connectivity index (χ0n) is 9.31. The second-order valence-corrected chi connectivity index (χ2v) is 5.24. The number of aromatic nitrogens is 2. The first-order valence-electron chi connectivity index (χ1n) is 5.51. The molecule has 0 aliphatic heterocycles. The van der Waals surface area contributed by atoms with Crippen molar-refractivity contribution in [2.24, 2.45) is 7.05 Å². The van der Waals surface area contributed by atoms with Gasteiger partial charge < -0.3 is 0 Å². The van der Waals surface area contributed by atoms with Gasteiger partial charge in [-0.25, -0.2) is 4.79 Å². The van der Waals surface area contributed by atoms with E-state index < -0.39 is 0 Å². The van der Waals surface area contributed by atoms with E-state index in [1.165, 1.54) is 4.57 Å². The quantitative estimate of drug-likeness (QED) is 0.805. The van der Waals surface area contributed by atoms with Gasteiger partial charge in [-0.3, -0.25) is 13.9 Å². The molecule has 4 nitrogen and oxygen atoms in total. The molecule has 0 amide bonds. The molecule has 1 aromatic carbocycles. The lowest BCUT2D eigenvalue weighted by Gasteiger charge is -2.10. The average molecular weight is 295 g/mol. The Morgan fingerprint density at radius 3 is 2.65 bits per heavy atom. The molecule has 0 unspecified atom stereocenters. The second-order valence-electron chi connectivity index (χ2n) is 4.38. The number of halogens is 1. The van der Waals surface area contributed by atoms with Crippen LogP contribution in [0.25, 0.3) is 10.9 Å². The van der Waals surface area contributed by atoms with Crippen molar-refractivity contribution in [3.63, 3.8) is 0 Å². The van der Waals surface area contributed by atoms with Crippen molar-refractivity contribution in [3.8, 4) is 0 Å². The number of rotatable bonds is 1. The minimum Gasteiger partial charge on any atom is -0.296 e. The van der Waals surface area contributed by atoms with E-state index in [1.54, 1.807) is 17.7 Å². The Kier molecular flexibility index (Phi) is 2.26. The van der Waals surface area contributed by atoms with Crippen molar-refractivity contribution in [2.75, 3.05) is 0 Å². The molecule has 88 valence electrons. The molecule has 0 atom stereocenters. The maximum atomic E-state index is 12.3. The zero-order chi connectivity index (χ0) is 12.2. The molecule has 0 N–H and O–H groups in total. The Balaban J connectivity index is 2.57. The molecule has 1 fully saturated rings. The number of benzene rings is 1. The van der Waals surface area contributed by atoms with E-state index in [2.05, 4.69) is 15.9 Å². The van der Waals surface area contributed by atoms with Crippen LogP contribution in [-0.4, -0.2) is 9.13 Å². The van der Waals surface area contributed by atoms with Crippen LogP contribution in [0.15, 0.2) is 32.3 Å². The van der Waals surface area contributed by atoms with E-state index in [0.717, 1.165) is 17.3 Å². The van der Waals surface area contributed by atoms with Crippen molar-refractivity contribution in [1.29, 1.82) is 0 Å². The van der Waals surface area contributed by atoms with Gasteiger partial charge in [-0.05, 0) is 40.9 Å². The molecule has 0 bridgehead atoms. The Morgan fingerprint density at radius 2 is 2.00 bits per heavy atom. The van der Waals surface area contributed by atoms with Gasteiger partial charge in [0.15, 0.2) is 0 Å². The van der Waals surface area contributed by atoms with E-state index in [4.69, 9.17) is 0 Å². The summed E-state index contributed by atoms with van der Waals surface area (Å²) in [6.07, 6.45) is 1.84. The first-order chi connectivity index (χ1) is 8.11. The lowest BCUT2D eigenvalue weighted by molar-refractivity contribution is 0.625. The van der Waals surface area contributed by atoms with E-state index in [-0.39, 0.29) is 17.3 Å². The van der Waals surface area contributed by atoms with Gasteiger partial charge in [-0.1, -0.05) is 6.07 Å². The predicted octanol–water partition coefficient (Wildman–Crippen LogP) is 1.80. The Morgan fingerprint density at radius 1 is 1.29 bits per heavy atom. The second kappa shape index (κ2) is 3.57. The molecule has 1 aliphatic carbocycles. The molecular weight excluding hydrogens is 284 g/mol. The maximum absolute atomic E-state index is 12.3. The van der Waals surface area contributed by atoms with Gasteiger partial charge in [0.2, 0.25) is 0 Å². The summed E-state index contributed by atoms with van der Waals surface area (Å²) in [7, 11) is 1.70. The number of hydrogen-bond acceptors (Lipinski definition) is 2. The van der Waals surface area contributed by atoms with Crippen LogP contribution in [0.2, 0.25) is 0 Å². The summed E-state index contributed by atoms with van der Waals surface area (Å²) in [6.45, 7) is 0. The molecule has 2 aromatic rings. The Hall–Kier alpha value is -1.36. The number of hydrogen-bond donors (Lipinski definition) is 0. The van der Waals surface area contributed by atoms with Crippen molar-refractivity contribution >= 4 is 26.8 Å².